The van der Waals surface area contributed by atoms with Crippen LogP contribution in [0.4, 0.5) is 5.69 Å². The summed E-state index contributed by atoms with van der Waals surface area (Å²) in [7, 11) is 0. The van der Waals surface area contributed by atoms with E-state index in [1.165, 1.54) is 12.4 Å². The van der Waals surface area contributed by atoms with Gasteiger partial charge in [0.25, 0.3) is 5.56 Å². The number of benzene rings is 1. The molecule has 0 aliphatic rings. The van der Waals surface area contributed by atoms with Crippen LogP contribution in [0.25, 0.3) is 11.0 Å². The van der Waals surface area contributed by atoms with E-state index in [2.05, 4.69) is 15.3 Å². The molecule has 0 spiro atoms. The molecule has 2 aromatic heterocycles. The van der Waals surface area contributed by atoms with Gasteiger partial charge in [-0.25, -0.2) is 9.97 Å². The first-order valence-corrected chi connectivity index (χ1v) is 6.65. The third-order valence-electron chi connectivity index (χ3n) is 3.42. The maximum atomic E-state index is 11.8. The molecular formula is C15H14N4O3. The van der Waals surface area contributed by atoms with Crippen LogP contribution in [-0.4, -0.2) is 25.0 Å². The second-order valence-corrected chi connectivity index (χ2v) is 4.85. The molecule has 0 aliphatic heterocycles. The van der Waals surface area contributed by atoms with E-state index in [9.17, 15) is 15.1 Å². The lowest BCUT2D eigenvalue weighted by Gasteiger charge is -2.12. The first kappa shape index (κ1) is 13.9. The van der Waals surface area contributed by atoms with Crippen molar-refractivity contribution in [1.29, 1.82) is 0 Å². The Morgan fingerprint density at radius 2 is 2.05 bits per heavy atom. The fourth-order valence-electron chi connectivity index (χ4n) is 2.29. The topological polar surface area (TPSA) is 100 Å². The number of fused-ring (bicyclic) bond motifs is 1. The summed E-state index contributed by atoms with van der Waals surface area (Å²) in [6.45, 7) is 2.09. The molecule has 7 nitrogen and oxygen atoms in total. The molecule has 3 aromatic rings. The molecule has 0 aliphatic carbocycles. The minimum Gasteiger partial charge on any atom is -0.508 e. The normalized spacial score (nSPS) is 10.8. The number of rotatable bonds is 3. The first-order chi connectivity index (χ1) is 10.6. The number of hydrogen-bond acceptors (Lipinski definition) is 6. The van der Waals surface area contributed by atoms with Gasteiger partial charge >= 0.3 is 0 Å². The smallest absolute Gasteiger partial charge is 0.286 e. The predicted molar refractivity (Wildman–Crippen MR) is 81.2 cm³/mol. The Morgan fingerprint density at radius 3 is 2.82 bits per heavy atom. The van der Waals surface area contributed by atoms with Gasteiger partial charge in [-0.05, 0) is 13.0 Å². The highest BCUT2D eigenvalue weighted by Gasteiger charge is 2.12. The standard InChI is InChI=1S/C15H14N4O3/c1-9-14-11(16-7-10-4-2-3-5-12(10)20)6-13(21)19(22)15(14)18-8-17-9/h2-6,8,16,20,22H,7H2,1H3. The zero-order chi connectivity index (χ0) is 15.7. The molecule has 0 fully saturated rings. The zero-order valence-corrected chi connectivity index (χ0v) is 11.8. The second kappa shape index (κ2) is 5.36. The lowest BCUT2D eigenvalue weighted by atomic mass is 10.1. The van der Waals surface area contributed by atoms with Crippen molar-refractivity contribution in [1.82, 2.24) is 14.7 Å². The van der Waals surface area contributed by atoms with Crippen molar-refractivity contribution in [2.75, 3.05) is 5.32 Å². The molecule has 1 aromatic carbocycles. The van der Waals surface area contributed by atoms with Crippen LogP contribution in [0.1, 0.15) is 11.3 Å². The Bertz CT molecular complexity index is 905. The molecule has 2 heterocycles. The molecule has 3 N–H and O–H groups in total. The van der Waals surface area contributed by atoms with Crippen LogP contribution in [0.5, 0.6) is 5.75 Å². The van der Waals surface area contributed by atoms with Gasteiger partial charge < -0.3 is 15.6 Å². The fraction of sp³-hybridized carbons (Fsp3) is 0.133. The Labute approximate surface area is 125 Å². The van der Waals surface area contributed by atoms with E-state index in [-0.39, 0.29) is 11.4 Å². The summed E-state index contributed by atoms with van der Waals surface area (Å²) in [6.07, 6.45) is 1.29. The number of nitrogens with zero attached hydrogens (tertiary/aromatic N) is 3. The van der Waals surface area contributed by atoms with Gasteiger partial charge in [0.1, 0.15) is 12.1 Å². The van der Waals surface area contributed by atoms with Gasteiger partial charge in [-0.3, -0.25) is 4.79 Å². The molecule has 7 heteroatoms. The van der Waals surface area contributed by atoms with Crippen LogP contribution < -0.4 is 10.9 Å². The number of phenols is 1. The van der Waals surface area contributed by atoms with Crippen molar-refractivity contribution in [2.24, 2.45) is 0 Å². The summed E-state index contributed by atoms with van der Waals surface area (Å²) in [5, 5.41) is 23.2. The van der Waals surface area contributed by atoms with Crippen molar-refractivity contribution in [2.45, 2.75) is 13.5 Å². The number of hydrogen-bond donors (Lipinski definition) is 3. The van der Waals surface area contributed by atoms with Crippen molar-refractivity contribution in [3.05, 3.63) is 58.3 Å². The monoisotopic (exact) mass is 298 g/mol. The van der Waals surface area contributed by atoms with Crippen LogP contribution in [0.2, 0.25) is 0 Å². The third-order valence-corrected chi connectivity index (χ3v) is 3.42. The van der Waals surface area contributed by atoms with Gasteiger partial charge in [-0.2, -0.15) is 0 Å². The molecule has 0 atom stereocenters. The molecule has 0 amide bonds. The number of anilines is 1. The van der Waals surface area contributed by atoms with Gasteiger partial charge in [0.15, 0.2) is 5.65 Å². The SMILES string of the molecule is Cc1ncnc2c1c(NCc1ccccc1O)cc(=O)n2O. The summed E-state index contributed by atoms with van der Waals surface area (Å²) < 4.78 is 0.495. The number of pyridine rings is 1. The van der Waals surface area contributed by atoms with E-state index in [0.717, 1.165) is 0 Å². The second-order valence-electron chi connectivity index (χ2n) is 4.85. The van der Waals surface area contributed by atoms with Crippen LogP contribution >= 0.6 is 0 Å². The van der Waals surface area contributed by atoms with Crippen LogP contribution in [0.15, 0.2) is 41.5 Å². The van der Waals surface area contributed by atoms with Crippen LogP contribution in [0, 0.1) is 6.92 Å². The number of aromatic hydroxyl groups is 1. The van der Waals surface area contributed by atoms with Crippen molar-refractivity contribution in [3.63, 3.8) is 0 Å². The first-order valence-electron chi connectivity index (χ1n) is 6.65. The average molecular weight is 298 g/mol. The Kier molecular flexibility index (Phi) is 3.38. The van der Waals surface area contributed by atoms with Gasteiger partial charge in [-0.1, -0.05) is 18.2 Å². The molecule has 0 saturated heterocycles. The number of nitrogens with one attached hydrogen (secondary N) is 1. The van der Waals surface area contributed by atoms with E-state index in [1.807, 2.05) is 6.07 Å². The lowest BCUT2D eigenvalue weighted by molar-refractivity contribution is 0.186. The Balaban J connectivity index is 2.06. The van der Waals surface area contributed by atoms with E-state index in [0.29, 0.717) is 33.6 Å². The van der Waals surface area contributed by atoms with E-state index >= 15 is 0 Å². The maximum absolute atomic E-state index is 11.8. The van der Waals surface area contributed by atoms with Crippen LogP contribution in [0.3, 0.4) is 0 Å². The zero-order valence-electron chi connectivity index (χ0n) is 11.8. The van der Waals surface area contributed by atoms with Crippen molar-refractivity contribution >= 4 is 16.7 Å². The number of para-hydroxylation sites is 1. The summed E-state index contributed by atoms with van der Waals surface area (Å²) >= 11 is 0. The minimum atomic E-state index is -0.592. The lowest BCUT2D eigenvalue weighted by Crippen LogP contribution is -2.20. The average Bonchev–Trinajstić information content (AvgIpc) is 2.51. The Hall–Kier alpha value is -3.09. The molecule has 0 unspecified atom stereocenters. The van der Waals surface area contributed by atoms with E-state index < -0.39 is 5.56 Å². The van der Waals surface area contributed by atoms with Gasteiger partial charge in [0.2, 0.25) is 0 Å². The number of aromatic nitrogens is 3. The van der Waals surface area contributed by atoms with Gasteiger partial charge in [0, 0.05) is 18.2 Å². The predicted octanol–water partition coefficient (Wildman–Crippen LogP) is 1.65. The molecule has 0 bridgehead atoms. The van der Waals surface area contributed by atoms with E-state index in [4.69, 9.17) is 0 Å². The highest BCUT2D eigenvalue weighted by Crippen LogP contribution is 2.23. The van der Waals surface area contributed by atoms with Crippen molar-refractivity contribution < 1.29 is 10.3 Å². The van der Waals surface area contributed by atoms with Crippen LogP contribution in [-0.2, 0) is 6.54 Å². The third kappa shape index (κ3) is 2.32. The molecule has 112 valence electrons. The summed E-state index contributed by atoms with van der Waals surface area (Å²) in [5.74, 6) is 0.169. The molecule has 22 heavy (non-hydrogen) atoms. The molecule has 0 radical (unpaired) electrons. The number of phenolic OH excluding ortho intramolecular Hbond substituents is 1. The minimum absolute atomic E-state index is 0.139. The maximum Gasteiger partial charge on any atom is 0.286 e. The van der Waals surface area contributed by atoms with E-state index in [1.54, 1.807) is 25.1 Å². The molecule has 0 saturated carbocycles. The molecule has 3 rings (SSSR count). The fourth-order valence-corrected chi connectivity index (χ4v) is 2.29. The highest BCUT2D eigenvalue weighted by molar-refractivity contribution is 5.90. The summed E-state index contributed by atoms with van der Waals surface area (Å²) in [5.41, 5.74) is 1.38. The van der Waals surface area contributed by atoms with Gasteiger partial charge in [-0.15, -0.1) is 4.73 Å². The quantitative estimate of drug-likeness (QED) is 0.636. The Morgan fingerprint density at radius 1 is 1.27 bits per heavy atom. The largest absolute Gasteiger partial charge is 0.508 e. The van der Waals surface area contributed by atoms with Gasteiger partial charge in [0.05, 0.1) is 16.8 Å². The van der Waals surface area contributed by atoms with Crippen molar-refractivity contribution in [3.8, 4) is 5.75 Å². The summed E-state index contributed by atoms with van der Waals surface area (Å²) in [6, 6.07) is 8.20. The highest BCUT2D eigenvalue weighted by atomic mass is 16.5. The molecular weight excluding hydrogens is 284 g/mol. The number of aryl methyl sites for hydroxylation is 1. The summed E-state index contributed by atoms with van der Waals surface area (Å²) in [4.78, 5) is 19.8.